The van der Waals surface area contributed by atoms with Crippen LogP contribution in [0, 0.1) is 0 Å². The van der Waals surface area contributed by atoms with Crippen LogP contribution in [0.15, 0.2) is 30.5 Å². The van der Waals surface area contributed by atoms with E-state index in [0.717, 1.165) is 23.7 Å². The van der Waals surface area contributed by atoms with E-state index in [9.17, 15) is 9.59 Å². The second kappa shape index (κ2) is 6.81. The summed E-state index contributed by atoms with van der Waals surface area (Å²) >= 11 is 0. The summed E-state index contributed by atoms with van der Waals surface area (Å²) in [6.45, 7) is 0. The number of fused-ring (bicyclic) bond motifs is 3. The summed E-state index contributed by atoms with van der Waals surface area (Å²) in [6.07, 6.45) is 6.05. The third kappa shape index (κ3) is 3.07. The topological polar surface area (TPSA) is 54.3 Å². The van der Waals surface area contributed by atoms with Gasteiger partial charge in [-0.05, 0) is 38.8 Å². The number of rotatable bonds is 3. The summed E-state index contributed by atoms with van der Waals surface area (Å²) in [4.78, 5) is 27.6. The number of halogens is 1. The molecule has 1 N–H and O–H groups in total. The zero-order valence-corrected chi connectivity index (χ0v) is 15.4. The number of Topliss-reactive ketones (excluding diaryl/α,β-unsaturated/α-hetero) is 1. The van der Waals surface area contributed by atoms with E-state index >= 15 is 0 Å². The van der Waals surface area contributed by atoms with Crippen molar-refractivity contribution in [3.05, 3.63) is 36.0 Å². The van der Waals surface area contributed by atoms with Gasteiger partial charge in [0.1, 0.15) is 0 Å². The number of carbonyl (C=O) groups is 2. The number of aromatic nitrogens is 1. The fraction of sp³-hybridized carbons (Fsp3) is 0.474. The Labute approximate surface area is 153 Å². The van der Waals surface area contributed by atoms with E-state index < -0.39 is 11.7 Å². The number of aryl methyl sites for hydroxylation is 1. The van der Waals surface area contributed by atoms with Gasteiger partial charge in [0.2, 0.25) is 0 Å². The van der Waals surface area contributed by atoms with E-state index in [1.54, 1.807) is 6.20 Å². The van der Waals surface area contributed by atoms with Crippen LogP contribution in [-0.4, -0.2) is 46.3 Å². The van der Waals surface area contributed by atoms with Crippen molar-refractivity contribution < 1.29 is 9.59 Å². The molecule has 2 aromatic rings. The fourth-order valence-corrected chi connectivity index (χ4v) is 4.43. The highest BCUT2D eigenvalue weighted by Gasteiger charge is 2.39. The molecule has 2 atom stereocenters. The largest absolute Gasteiger partial charge is 0.350 e. The number of nitrogens with one attached hydrogen (secondary N) is 1. The number of hydrogen-bond donors (Lipinski definition) is 1. The predicted octanol–water partition coefficient (Wildman–Crippen LogP) is 2.52. The maximum Gasteiger partial charge on any atom is 0.292 e. The van der Waals surface area contributed by atoms with Gasteiger partial charge in [0.05, 0.1) is 5.56 Å². The molecule has 3 heterocycles. The molecule has 2 aliphatic heterocycles. The Bertz CT molecular complexity index is 802. The molecule has 2 bridgehead atoms. The Kier molecular flexibility index (Phi) is 4.89. The first-order valence-corrected chi connectivity index (χ1v) is 8.66. The van der Waals surface area contributed by atoms with E-state index in [2.05, 4.69) is 17.3 Å². The van der Waals surface area contributed by atoms with Crippen molar-refractivity contribution in [1.29, 1.82) is 0 Å². The van der Waals surface area contributed by atoms with Crippen LogP contribution in [0.2, 0.25) is 0 Å². The normalized spacial score (nSPS) is 25.6. The van der Waals surface area contributed by atoms with E-state index in [1.807, 2.05) is 35.9 Å². The number of piperidine rings is 1. The molecule has 2 fully saturated rings. The Morgan fingerprint density at radius 1 is 1.08 bits per heavy atom. The Morgan fingerprint density at radius 2 is 1.72 bits per heavy atom. The lowest BCUT2D eigenvalue weighted by atomic mass is 9.97. The van der Waals surface area contributed by atoms with Gasteiger partial charge in [0, 0.05) is 42.3 Å². The van der Waals surface area contributed by atoms with Crippen molar-refractivity contribution in [2.75, 3.05) is 7.05 Å². The monoisotopic (exact) mass is 361 g/mol. The molecule has 0 spiro atoms. The van der Waals surface area contributed by atoms with Gasteiger partial charge in [0.15, 0.2) is 0 Å². The van der Waals surface area contributed by atoms with Crippen molar-refractivity contribution in [2.24, 2.45) is 7.05 Å². The average molecular weight is 362 g/mol. The zero-order valence-electron chi connectivity index (χ0n) is 14.6. The van der Waals surface area contributed by atoms with Gasteiger partial charge in [-0.2, -0.15) is 0 Å². The molecule has 25 heavy (non-hydrogen) atoms. The Morgan fingerprint density at radius 3 is 2.40 bits per heavy atom. The first-order chi connectivity index (χ1) is 11.5. The SMILES string of the molecule is CN1C2CCC1CC(NC(=O)C(=O)c1cn(C)c3ccccc13)C2.Cl. The highest BCUT2D eigenvalue weighted by molar-refractivity contribution is 6.45. The number of benzene rings is 1. The Hall–Kier alpha value is -1.85. The summed E-state index contributed by atoms with van der Waals surface area (Å²) in [5.74, 6) is -0.904. The number of nitrogens with zero attached hydrogens (tertiary/aromatic N) is 2. The minimum Gasteiger partial charge on any atom is -0.350 e. The third-order valence-corrected chi connectivity index (χ3v) is 5.78. The molecule has 2 saturated heterocycles. The van der Waals surface area contributed by atoms with E-state index in [-0.39, 0.29) is 18.4 Å². The summed E-state index contributed by atoms with van der Waals surface area (Å²) < 4.78 is 1.89. The van der Waals surface area contributed by atoms with Crippen LogP contribution >= 0.6 is 12.4 Å². The van der Waals surface area contributed by atoms with Crippen LogP contribution in [0.5, 0.6) is 0 Å². The summed E-state index contributed by atoms with van der Waals surface area (Å²) in [5, 5.41) is 3.82. The van der Waals surface area contributed by atoms with Crippen molar-refractivity contribution in [3.63, 3.8) is 0 Å². The molecule has 0 saturated carbocycles. The van der Waals surface area contributed by atoms with Crippen LogP contribution < -0.4 is 5.32 Å². The average Bonchev–Trinajstić information content (AvgIpc) is 2.99. The van der Waals surface area contributed by atoms with E-state index in [4.69, 9.17) is 0 Å². The molecular weight excluding hydrogens is 338 g/mol. The van der Waals surface area contributed by atoms with Gasteiger partial charge in [-0.1, -0.05) is 18.2 Å². The smallest absolute Gasteiger partial charge is 0.292 e. The van der Waals surface area contributed by atoms with Gasteiger partial charge in [-0.3, -0.25) is 9.59 Å². The number of amides is 1. The molecule has 6 heteroatoms. The predicted molar refractivity (Wildman–Crippen MR) is 100 cm³/mol. The fourth-order valence-electron chi connectivity index (χ4n) is 4.43. The van der Waals surface area contributed by atoms with Gasteiger partial charge in [0.25, 0.3) is 11.7 Å². The minimum atomic E-state index is -0.472. The zero-order chi connectivity index (χ0) is 16.8. The van der Waals surface area contributed by atoms with E-state index in [0.29, 0.717) is 17.6 Å². The number of hydrogen-bond acceptors (Lipinski definition) is 3. The molecule has 1 aromatic carbocycles. The highest BCUT2D eigenvalue weighted by Crippen LogP contribution is 2.34. The molecule has 1 aromatic heterocycles. The van der Waals surface area contributed by atoms with Crippen LogP contribution in [0.4, 0.5) is 0 Å². The molecule has 2 aliphatic rings. The lowest BCUT2D eigenvalue weighted by Crippen LogP contribution is -2.50. The molecule has 4 rings (SSSR count). The number of carbonyl (C=O) groups excluding carboxylic acids is 2. The standard InChI is InChI=1S/C19H23N3O2.ClH/c1-21-11-16(15-5-3-4-6-17(15)21)18(23)19(24)20-12-9-13-7-8-14(10-12)22(13)2;/h3-6,11-14H,7-10H2,1-2H3,(H,20,24);1H. The molecule has 1 amide bonds. The van der Waals surface area contributed by atoms with Crippen LogP contribution in [0.25, 0.3) is 10.9 Å². The van der Waals surface area contributed by atoms with E-state index in [1.165, 1.54) is 12.8 Å². The second-order valence-electron chi connectivity index (χ2n) is 7.19. The third-order valence-electron chi connectivity index (χ3n) is 5.78. The van der Waals surface area contributed by atoms with Crippen molar-refractivity contribution in [2.45, 2.75) is 43.8 Å². The van der Waals surface area contributed by atoms with Gasteiger partial charge < -0.3 is 14.8 Å². The van der Waals surface area contributed by atoms with Gasteiger partial charge in [-0.15, -0.1) is 12.4 Å². The van der Waals surface area contributed by atoms with Gasteiger partial charge >= 0.3 is 0 Å². The second-order valence-corrected chi connectivity index (χ2v) is 7.19. The van der Waals surface area contributed by atoms with Crippen molar-refractivity contribution in [3.8, 4) is 0 Å². The molecular formula is C19H24ClN3O2. The first-order valence-electron chi connectivity index (χ1n) is 8.66. The van der Waals surface area contributed by atoms with Crippen LogP contribution in [0.1, 0.15) is 36.0 Å². The lowest BCUT2D eigenvalue weighted by Gasteiger charge is -2.36. The molecule has 134 valence electrons. The van der Waals surface area contributed by atoms with Crippen LogP contribution in [-0.2, 0) is 11.8 Å². The molecule has 2 unspecified atom stereocenters. The first kappa shape index (κ1) is 18.0. The number of ketones is 1. The highest BCUT2D eigenvalue weighted by atomic mass is 35.5. The molecule has 0 radical (unpaired) electrons. The summed E-state index contributed by atoms with van der Waals surface area (Å²) in [6, 6.07) is 8.88. The quantitative estimate of drug-likeness (QED) is 0.675. The Balaban J connectivity index is 0.00000182. The lowest BCUT2D eigenvalue weighted by molar-refractivity contribution is -0.118. The minimum absolute atomic E-state index is 0. The molecule has 5 nitrogen and oxygen atoms in total. The molecule has 0 aliphatic carbocycles. The van der Waals surface area contributed by atoms with Crippen molar-refractivity contribution in [1.82, 2.24) is 14.8 Å². The summed E-state index contributed by atoms with van der Waals surface area (Å²) in [7, 11) is 4.06. The maximum absolute atomic E-state index is 12.7. The number of para-hydroxylation sites is 1. The van der Waals surface area contributed by atoms with Gasteiger partial charge in [-0.25, -0.2) is 0 Å². The summed E-state index contributed by atoms with van der Waals surface area (Å²) in [5.41, 5.74) is 1.45. The maximum atomic E-state index is 12.7. The van der Waals surface area contributed by atoms with Crippen molar-refractivity contribution >= 4 is 35.0 Å². The van der Waals surface area contributed by atoms with Crippen LogP contribution in [0.3, 0.4) is 0 Å².